The van der Waals surface area contributed by atoms with Crippen molar-refractivity contribution >= 4 is 52.5 Å². The number of hydrogen-bond donors (Lipinski definition) is 3. The number of ether oxygens (including phenoxy) is 2. The molecule has 2 saturated heterocycles. The molecule has 2 aliphatic heterocycles. The Balaban J connectivity index is 1.50. The van der Waals surface area contributed by atoms with Crippen LogP contribution < -0.4 is 20.2 Å². The predicted octanol–water partition coefficient (Wildman–Crippen LogP) is 4.99. The third-order valence-electron chi connectivity index (χ3n) is 9.95. The number of phenolic OH excluding ortho intramolecular Hbond substituents is 1. The number of nitrogens with zero attached hydrogens (tertiary/aromatic N) is 1. The van der Waals surface area contributed by atoms with Gasteiger partial charge in [0.1, 0.15) is 17.2 Å². The maximum absolute atomic E-state index is 15.2. The highest BCUT2D eigenvalue weighted by Gasteiger charge is 2.70. The van der Waals surface area contributed by atoms with Crippen molar-refractivity contribution in [3.05, 3.63) is 93.5 Å². The van der Waals surface area contributed by atoms with Crippen LogP contribution in [0.15, 0.2) is 72.3 Å². The molecule has 2 aliphatic carbocycles. The molecule has 10 nitrogen and oxygen atoms in total. The minimum absolute atomic E-state index is 0.0454. The third-order valence-corrected chi connectivity index (χ3v) is 10.5. The molecule has 2 heterocycles. The highest BCUT2D eigenvalue weighted by atomic mass is 35.5. The second kappa shape index (κ2) is 11.1. The second-order valence-electron chi connectivity index (χ2n) is 12.0. The molecule has 0 radical (unpaired) electrons. The molecule has 3 aromatic carbocycles. The lowest BCUT2D eigenvalue weighted by molar-refractivity contribution is -0.138. The standard InChI is InChI=1S/C34H29Cl2N3O7/c1-45-19-7-3-16(4-8-19)34-24(32(43)39(33(34)44)38-26-12-5-17(35)13-25(26)36)15-23-20(10-11-22-28(23)31(42)37-30(22)41)29(34)21-9-6-18(40)14-27(21)46-2/h3-10,12-14,22-24,28-29,38,40H,11,15H2,1-2H3,(H,37,41,42). The smallest absolute Gasteiger partial charge is 0.260 e. The number of imide groups is 2. The number of carbonyl (C=O) groups is 4. The molecule has 12 heteroatoms. The van der Waals surface area contributed by atoms with Crippen molar-refractivity contribution in [2.24, 2.45) is 23.7 Å². The molecule has 3 N–H and O–H groups in total. The summed E-state index contributed by atoms with van der Waals surface area (Å²) < 4.78 is 11.2. The average molecular weight is 663 g/mol. The predicted molar refractivity (Wildman–Crippen MR) is 168 cm³/mol. The quantitative estimate of drug-likeness (QED) is 0.249. The van der Waals surface area contributed by atoms with E-state index in [0.717, 1.165) is 10.6 Å². The molecule has 7 rings (SSSR count). The van der Waals surface area contributed by atoms with E-state index < -0.39 is 52.7 Å². The van der Waals surface area contributed by atoms with Crippen molar-refractivity contribution in [3.63, 3.8) is 0 Å². The van der Waals surface area contributed by atoms with Gasteiger partial charge in [0.25, 0.3) is 11.8 Å². The number of phenols is 1. The van der Waals surface area contributed by atoms with E-state index in [2.05, 4.69) is 10.7 Å². The van der Waals surface area contributed by atoms with Gasteiger partial charge in [-0.15, -0.1) is 0 Å². The van der Waals surface area contributed by atoms with E-state index in [9.17, 15) is 19.5 Å². The van der Waals surface area contributed by atoms with Gasteiger partial charge in [-0.05, 0) is 60.7 Å². The van der Waals surface area contributed by atoms with Crippen molar-refractivity contribution in [2.75, 3.05) is 19.6 Å². The van der Waals surface area contributed by atoms with Crippen molar-refractivity contribution in [1.29, 1.82) is 0 Å². The van der Waals surface area contributed by atoms with Crippen LogP contribution in [0.5, 0.6) is 17.2 Å². The second-order valence-corrected chi connectivity index (χ2v) is 12.8. The number of halogens is 2. The molecule has 236 valence electrons. The first-order valence-corrected chi connectivity index (χ1v) is 15.5. The van der Waals surface area contributed by atoms with Crippen LogP contribution in [0.25, 0.3) is 0 Å². The SMILES string of the molecule is COc1ccc(C23C(=O)N(Nc4ccc(Cl)cc4Cl)C(=O)C2CC2C(=CCC4C(=O)NC(=O)C42)C3c2ccc(O)cc2OC)cc1. The van der Waals surface area contributed by atoms with Gasteiger partial charge >= 0.3 is 0 Å². The molecule has 0 spiro atoms. The summed E-state index contributed by atoms with van der Waals surface area (Å²) in [6.45, 7) is 0. The normalized spacial score (nSPS) is 28.2. The molecule has 4 amide bonds. The molecule has 4 aliphatic rings. The number of allylic oxidation sites excluding steroid dienone is 2. The number of methoxy groups -OCH3 is 2. The fourth-order valence-electron chi connectivity index (χ4n) is 8.04. The van der Waals surface area contributed by atoms with Gasteiger partial charge in [-0.2, -0.15) is 5.01 Å². The topological polar surface area (TPSA) is 134 Å². The lowest BCUT2D eigenvalue weighted by atomic mass is 9.49. The molecule has 6 unspecified atom stereocenters. The van der Waals surface area contributed by atoms with Gasteiger partial charge in [-0.1, -0.05) is 53.1 Å². The number of nitrogens with one attached hydrogen (secondary N) is 2. The molecular weight excluding hydrogens is 633 g/mol. The Morgan fingerprint density at radius 3 is 2.39 bits per heavy atom. The zero-order chi connectivity index (χ0) is 32.5. The number of benzene rings is 3. The monoisotopic (exact) mass is 661 g/mol. The van der Waals surface area contributed by atoms with Gasteiger partial charge in [0, 0.05) is 22.6 Å². The Bertz CT molecular complexity index is 1840. The highest BCUT2D eigenvalue weighted by Crippen LogP contribution is 2.64. The van der Waals surface area contributed by atoms with Crippen LogP contribution in [-0.4, -0.2) is 48.0 Å². The Hall–Kier alpha value is -4.54. The van der Waals surface area contributed by atoms with Crippen LogP contribution in [0.2, 0.25) is 10.0 Å². The van der Waals surface area contributed by atoms with Crippen molar-refractivity contribution < 1.29 is 33.8 Å². The number of anilines is 1. The maximum atomic E-state index is 15.2. The molecule has 1 saturated carbocycles. The number of hydrogen-bond acceptors (Lipinski definition) is 8. The number of fused-ring (bicyclic) bond motifs is 4. The van der Waals surface area contributed by atoms with Gasteiger partial charge in [0.2, 0.25) is 11.8 Å². The lowest BCUT2D eigenvalue weighted by Gasteiger charge is -2.50. The first-order chi connectivity index (χ1) is 22.1. The van der Waals surface area contributed by atoms with Crippen molar-refractivity contribution in [2.45, 2.75) is 24.2 Å². The molecule has 46 heavy (non-hydrogen) atoms. The van der Waals surface area contributed by atoms with Crippen LogP contribution >= 0.6 is 23.2 Å². The molecule has 3 fully saturated rings. The summed E-state index contributed by atoms with van der Waals surface area (Å²) >= 11 is 12.6. The lowest BCUT2D eigenvalue weighted by Crippen LogP contribution is -2.53. The highest BCUT2D eigenvalue weighted by molar-refractivity contribution is 6.36. The molecule has 6 atom stereocenters. The summed E-state index contributed by atoms with van der Waals surface area (Å²) in [6.07, 6.45) is 2.36. The minimum atomic E-state index is -1.53. The van der Waals surface area contributed by atoms with E-state index in [1.807, 2.05) is 6.08 Å². The molecular formula is C34H29Cl2N3O7. The number of carbonyl (C=O) groups excluding carboxylic acids is 4. The maximum Gasteiger partial charge on any atom is 0.260 e. The van der Waals surface area contributed by atoms with E-state index in [1.165, 1.54) is 32.4 Å². The van der Waals surface area contributed by atoms with Crippen LogP contribution in [0, 0.1) is 23.7 Å². The first kappa shape index (κ1) is 30.1. The number of hydrazine groups is 1. The van der Waals surface area contributed by atoms with E-state index in [-0.39, 0.29) is 23.1 Å². The number of amides is 4. The fourth-order valence-corrected chi connectivity index (χ4v) is 8.49. The zero-order valence-electron chi connectivity index (χ0n) is 24.8. The summed E-state index contributed by atoms with van der Waals surface area (Å²) in [7, 11) is 3.00. The van der Waals surface area contributed by atoms with Crippen LogP contribution in [0.1, 0.15) is 29.9 Å². The van der Waals surface area contributed by atoms with Crippen molar-refractivity contribution in [3.8, 4) is 17.2 Å². The van der Waals surface area contributed by atoms with Gasteiger partial charge in [0.15, 0.2) is 0 Å². The third kappa shape index (κ3) is 4.30. The van der Waals surface area contributed by atoms with Crippen LogP contribution in [0.4, 0.5) is 5.69 Å². The summed E-state index contributed by atoms with van der Waals surface area (Å²) in [6, 6.07) is 16.3. The van der Waals surface area contributed by atoms with Crippen LogP contribution in [0.3, 0.4) is 0 Å². The molecule has 0 aromatic heterocycles. The first-order valence-electron chi connectivity index (χ1n) is 14.8. The van der Waals surface area contributed by atoms with Gasteiger partial charge in [0.05, 0.1) is 48.1 Å². The van der Waals surface area contributed by atoms with Gasteiger partial charge < -0.3 is 14.6 Å². The van der Waals surface area contributed by atoms with E-state index in [0.29, 0.717) is 39.8 Å². The zero-order valence-corrected chi connectivity index (χ0v) is 26.3. The average Bonchev–Trinajstić information content (AvgIpc) is 3.46. The Morgan fingerprint density at radius 1 is 0.935 bits per heavy atom. The van der Waals surface area contributed by atoms with E-state index in [1.54, 1.807) is 42.5 Å². The summed E-state index contributed by atoms with van der Waals surface area (Å²) in [4.78, 5) is 55.9. The summed E-state index contributed by atoms with van der Waals surface area (Å²) in [5.74, 6) is -4.57. The van der Waals surface area contributed by atoms with E-state index in [4.69, 9.17) is 32.7 Å². The largest absolute Gasteiger partial charge is 0.508 e. The van der Waals surface area contributed by atoms with E-state index >= 15 is 4.79 Å². The number of rotatable bonds is 6. The number of aromatic hydroxyl groups is 1. The molecule has 3 aromatic rings. The fraction of sp³-hybridized carbons (Fsp3) is 0.294. The van der Waals surface area contributed by atoms with Gasteiger partial charge in [-0.25, -0.2) is 0 Å². The minimum Gasteiger partial charge on any atom is -0.508 e. The van der Waals surface area contributed by atoms with Gasteiger partial charge in [-0.3, -0.25) is 29.9 Å². The van der Waals surface area contributed by atoms with Crippen molar-refractivity contribution in [1.82, 2.24) is 10.3 Å². The summed E-state index contributed by atoms with van der Waals surface area (Å²) in [5, 5.41) is 14.5. The Morgan fingerprint density at radius 2 is 1.70 bits per heavy atom. The molecule has 0 bridgehead atoms. The Labute approximate surface area is 274 Å². The Kier molecular flexibility index (Phi) is 7.25. The van der Waals surface area contributed by atoms with Crippen LogP contribution in [-0.2, 0) is 24.6 Å². The summed E-state index contributed by atoms with van der Waals surface area (Å²) in [5.41, 5.74) is 3.58.